The van der Waals surface area contributed by atoms with Gasteiger partial charge in [0.25, 0.3) is 0 Å². The monoisotopic (exact) mass is 292 g/mol. The van der Waals surface area contributed by atoms with Crippen LogP contribution in [-0.2, 0) is 6.42 Å². The lowest BCUT2D eigenvalue weighted by molar-refractivity contribution is 0.245. The molecule has 0 amide bonds. The third-order valence-electron chi connectivity index (χ3n) is 4.42. The first-order valence-corrected chi connectivity index (χ1v) is 8.11. The Hall–Kier alpha value is -1.06. The molecule has 0 radical (unpaired) electrons. The molecule has 1 rings (SSSR count). The lowest BCUT2D eigenvalue weighted by atomic mass is 10.0. The Morgan fingerprint density at radius 1 is 1.29 bits per heavy atom. The smallest absolute Gasteiger partial charge is 0.122 e. The van der Waals surface area contributed by atoms with Crippen LogP contribution in [0.25, 0.3) is 0 Å². The number of nitrogens with one attached hydrogen (secondary N) is 1. The number of nitrogens with zero attached hydrogens (tertiary/aromatic N) is 1. The van der Waals surface area contributed by atoms with E-state index in [0.717, 1.165) is 18.7 Å². The van der Waals surface area contributed by atoms with Gasteiger partial charge >= 0.3 is 0 Å². The fraction of sp³-hybridized carbons (Fsp3) is 0.667. The number of rotatable bonds is 10. The van der Waals surface area contributed by atoms with Gasteiger partial charge in [0.1, 0.15) is 5.75 Å². The summed E-state index contributed by atoms with van der Waals surface area (Å²) in [4.78, 5) is 2.45. The van der Waals surface area contributed by atoms with E-state index in [1.54, 1.807) is 7.11 Å². The summed E-state index contributed by atoms with van der Waals surface area (Å²) in [6.45, 7) is 5.69. The summed E-state index contributed by atoms with van der Waals surface area (Å²) >= 11 is 0. The number of methoxy groups -OCH3 is 1. The third kappa shape index (κ3) is 6.06. The van der Waals surface area contributed by atoms with E-state index < -0.39 is 0 Å². The van der Waals surface area contributed by atoms with Crippen molar-refractivity contribution >= 4 is 0 Å². The molecule has 3 nitrogen and oxygen atoms in total. The van der Waals surface area contributed by atoms with E-state index in [9.17, 15) is 0 Å². The molecule has 0 aromatic heterocycles. The van der Waals surface area contributed by atoms with Gasteiger partial charge in [-0.3, -0.25) is 0 Å². The van der Waals surface area contributed by atoms with Crippen LogP contribution in [0.2, 0.25) is 0 Å². The van der Waals surface area contributed by atoms with Crippen molar-refractivity contribution in [2.24, 2.45) is 0 Å². The van der Waals surface area contributed by atoms with E-state index in [1.807, 2.05) is 12.1 Å². The molecule has 0 bridgehead atoms. The van der Waals surface area contributed by atoms with Gasteiger partial charge in [0.2, 0.25) is 0 Å². The SMILES string of the molecule is CCC(CCCN(C)C(C)Cc1ccccc1OC)NC. The Kier molecular flexibility index (Phi) is 8.40. The van der Waals surface area contributed by atoms with Crippen LogP contribution in [0.5, 0.6) is 5.75 Å². The summed E-state index contributed by atoms with van der Waals surface area (Å²) in [6, 6.07) is 9.50. The van der Waals surface area contributed by atoms with Crippen LogP contribution in [0.15, 0.2) is 24.3 Å². The molecular weight excluding hydrogens is 260 g/mol. The predicted octanol–water partition coefficient (Wildman–Crippen LogP) is 3.34. The number of para-hydroxylation sites is 1. The molecule has 120 valence electrons. The minimum absolute atomic E-state index is 0.524. The van der Waals surface area contributed by atoms with Gasteiger partial charge in [-0.2, -0.15) is 0 Å². The molecule has 0 saturated heterocycles. The van der Waals surface area contributed by atoms with Crippen LogP contribution < -0.4 is 10.1 Å². The van der Waals surface area contributed by atoms with Gasteiger partial charge in [0.15, 0.2) is 0 Å². The second-order valence-corrected chi connectivity index (χ2v) is 5.88. The van der Waals surface area contributed by atoms with E-state index in [-0.39, 0.29) is 0 Å². The lowest BCUT2D eigenvalue weighted by Gasteiger charge is -2.26. The zero-order valence-electron chi connectivity index (χ0n) is 14.4. The largest absolute Gasteiger partial charge is 0.496 e. The number of ether oxygens (including phenoxy) is 1. The highest BCUT2D eigenvalue weighted by Crippen LogP contribution is 2.20. The summed E-state index contributed by atoms with van der Waals surface area (Å²) in [5.41, 5.74) is 1.29. The average molecular weight is 292 g/mol. The molecule has 0 spiro atoms. The molecule has 2 atom stereocenters. The van der Waals surface area contributed by atoms with Gasteiger partial charge in [-0.05, 0) is 64.9 Å². The number of likely N-dealkylation sites (N-methyl/N-ethyl adjacent to an activating group) is 1. The van der Waals surface area contributed by atoms with Crippen molar-refractivity contribution in [2.45, 2.75) is 51.6 Å². The van der Waals surface area contributed by atoms with Gasteiger partial charge in [0, 0.05) is 12.1 Å². The van der Waals surface area contributed by atoms with Crippen molar-refractivity contribution < 1.29 is 4.74 Å². The second kappa shape index (κ2) is 9.80. The third-order valence-corrected chi connectivity index (χ3v) is 4.42. The van der Waals surface area contributed by atoms with E-state index >= 15 is 0 Å². The first kappa shape index (κ1) is 18.0. The summed E-state index contributed by atoms with van der Waals surface area (Å²) in [5.74, 6) is 0.999. The zero-order chi connectivity index (χ0) is 15.7. The van der Waals surface area contributed by atoms with Crippen LogP contribution in [0.1, 0.15) is 38.7 Å². The van der Waals surface area contributed by atoms with Crippen LogP contribution >= 0.6 is 0 Å². The lowest BCUT2D eigenvalue weighted by Crippen LogP contribution is -2.33. The maximum atomic E-state index is 5.44. The molecule has 2 unspecified atom stereocenters. The van der Waals surface area contributed by atoms with Crippen molar-refractivity contribution in [2.75, 3.05) is 27.7 Å². The van der Waals surface area contributed by atoms with Crippen LogP contribution in [-0.4, -0.2) is 44.7 Å². The number of hydrogen-bond donors (Lipinski definition) is 1. The standard InChI is InChI=1S/C18H32N2O/c1-6-17(19-3)11-9-13-20(4)15(2)14-16-10-7-8-12-18(16)21-5/h7-8,10,12,15,17,19H,6,9,11,13-14H2,1-5H3. The Morgan fingerprint density at radius 3 is 2.62 bits per heavy atom. The molecule has 1 N–H and O–H groups in total. The van der Waals surface area contributed by atoms with Crippen molar-refractivity contribution in [1.82, 2.24) is 10.2 Å². The number of benzene rings is 1. The first-order valence-electron chi connectivity index (χ1n) is 8.11. The summed E-state index contributed by atoms with van der Waals surface area (Å²) in [5, 5.41) is 3.37. The molecule has 0 fully saturated rings. The highest BCUT2D eigenvalue weighted by Gasteiger charge is 2.13. The van der Waals surface area contributed by atoms with Gasteiger partial charge in [-0.1, -0.05) is 25.1 Å². The Morgan fingerprint density at radius 2 is 2.00 bits per heavy atom. The summed E-state index contributed by atoms with van der Waals surface area (Å²) in [6.07, 6.45) is 4.73. The minimum Gasteiger partial charge on any atom is -0.496 e. The zero-order valence-corrected chi connectivity index (χ0v) is 14.4. The predicted molar refractivity (Wildman–Crippen MR) is 91.2 cm³/mol. The summed E-state index contributed by atoms with van der Waals surface area (Å²) in [7, 11) is 6.03. The maximum Gasteiger partial charge on any atom is 0.122 e. The van der Waals surface area contributed by atoms with Crippen LogP contribution in [0.4, 0.5) is 0 Å². The Labute approximate surface area is 130 Å². The molecule has 0 heterocycles. The molecule has 0 saturated carbocycles. The molecule has 0 aliphatic carbocycles. The highest BCUT2D eigenvalue weighted by atomic mass is 16.5. The number of hydrogen-bond acceptors (Lipinski definition) is 3. The van der Waals surface area contributed by atoms with Crippen molar-refractivity contribution in [3.05, 3.63) is 29.8 Å². The minimum atomic E-state index is 0.524. The van der Waals surface area contributed by atoms with E-state index in [1.165, 1.54) is 24.8 Å². The fourth-order valence-electron chi connectivity index (χ4n) is 2.71. The fourth-order valence-corrected chi connectivity index (χ4v) is 2.71. The van der Waals surface area contributed by atoms with Crippen LogP contribution in [0, 0.1) is 0 Å². The normalized spacial score (nSPS) is 14.2. The van der Waals surface area contributed by atoms with Gasteiger partial charge in [-0.15, -0.1) is 0 Å². The van der Waals surface area contributed by atoms with E-state index in [0.29, 0.717) is 12.1 Å². The molecule has 1 aromatic carbocycles. The molecule has 0 aliphatic rings. The molecule has 0 aliphatic heterocycles. The molecular formula is C18H32N2O. The van der Waals surface area contributed by atoms with E-state index in [2.05, 4.69) is 50.3 Å². The Balaban J connectivity index is 2.42. The molecule has 21 heavy (non-hydrogen) atoms. The van der Waals surface area contributed by atoms with Crippen molar-refractivity contribution in [1.29, 1.82) is 0 Å². The van der Waals surface area contributed by atoms with Crippen LogP contribution in [0.3, 0.4) is 0 Å². The average Bonchev–Trinajstić information content (AvgIpc) is 2.51. The van der Waals surface area contributed by atoms with Gasteiger partial charge in [-0.25, -0.2) is 0 Å². The van der Waals surface area contributed by atoms with Crippen molar-refractivity contribution in [3.63, 3.8) is 0 Å². The summed E-state index contributed by atoms with van der Waals surface area (Å²) < 4.78 is 5.44. The Bertz CT molecular complexity index is 391. The van der Waals surface area contributed by atoms with E-state index in [4.69, 9.17) is 4.74 Å². The highest BCUT2D eigenvalue weighted by molar-refractivity contribution is 5.33. The maximum absolute atomic E-state index is 5.44. The first-order chi connectivity index (χ1) is 10.1. The molecule has 3 heteroatoms. The van der Waals surface area contributed by atoms with Gasteiger partial charge < -0.3 is 15.0 Å². The molecule has 1 aromatic rings. The topological polar surface area (TPSA) is 24.5 Å². The quantitative estimate of drug-likeness (QED) is 0.716. The van der Waals surface area contributed by atoms with Gasteiger partial charge in [0.05, 0.1) is 7.11 Å². The second-order valence-electron chi connectivity index (χ2n) is 5.88. The van der Waals surface area contributed by atoms with Crippen molar-refractivity contribution in [3.8, 4) is 5.75 Å².